The van der Waals surface area contributed by atoms with Gasteiger partial charge in [0.05, 0.1) is 12.1 Å². The fourth-order valence-electron chi connectivity index (χ4n) is 2.66. The first-order valence-corrected chi connectivity index (χ1v) is 8.60. The quantitative estimate of drug-likeness (QED) is 0.826. The number of nitrogens with zero attached hydrogens (tertiary/aromatic N) is 2. The number of carbonyl (C=O) groups excluding carboxylic acids is 2. The van der Waals surface area contributed by atoms with E-state index in [1.165, 1.54) is 16.2 Å². The molecular formula is C16H22N4O2S. The monoisotopic (exact) mass is 334 g/mol. The van der Waals surface area contributed by atoms with Gasteiger partial charge in [0.25, 0.3) is 0 Å². The van der Waals surface area contributed by atoms with Gasteiger partial charge < -0.3 is 10.6 Å². The number of anilines is 1. The Hall–Kier alpha value is -1.91. The van der Waals surface area contributed by atoms with Crippen molar-refractivity contribution in [2.75, 3.05) is 32.5 Å². The standard InChI is InChI=1S/C16H22N4O2S/c1-18-15(22)10-20(2)8-7-14(21)19-16-12(9-17)11-5-3-4-6-13(11)23-16/h3-8,10H2,1-2H3,(H,18,22)(H,19,21). The molecule has 6 nitrogen and oxygen atoms in total. The summed E-state index contributed by atoms with van der Waals surface area (Å²) in [6.07, 6.45) is 4.48. The van der Waals surface area contributed by atoms with Crippen LogP contribution < -0.4 is 10.6 Å². The Morgan fingerprint density at radius 1 is 1.30 bits per heavy atom. The summed E-state index contributed by atoms with van der Waals surface area (Å²) in [5, 5.41) is 15.5. The zero-order valence-corrected chi connectivity index (χ0v) is 14.4. The maximum atomic E-state index is 12.1. The van der Waals surface area contributed by atoms with Crippen LogP contribution in [0.2, 0.25) is 0 Å². The largest absolute Gasteiger partial charge is 0.358 e. The second-order valence-electron chi connectivity index (χ2n) is 5.74. The summed E-state index contributed by atoms with van der Waals surface area (Å²) in [6.45, 7) is 0.757. The number of carbonyl (C=O) groups is 2. The van der Waals surface area contributed by atoms with E-state index in [9.17, 15) is 14.9 Å². The molecule has 0 saturated heterocycles. The van der Waals surface area contributed by atoms with Gasteiger partial charge >= 0.3 is 0 Å². The highest BCUT2D eigenvalue weighted by Gasteiger charge is 2.21. The third-order valence-electron chi connectivity index (χ3n) is 3.95. The molecule has 0 bridgehead atoms. The van der Waals surface area contributed by atoms with Gasteiger partial charge in [-0.2, -0.15) is 5.26 Å². The fraction of sp³-hybridized carbons (Fsp3) is 0.562. The maximum absolute atomic E-state index is 12.1. The summed E-state index contributed by atoms with van der Waals surface area (Å²) >= 11 is 1.53. The van der Waals surface area contributed by atoms with Gasteiger partial charge in [0.2, 0.25) is 11.8 Å². The molecular weight excluding hydrogens is 312 g/mol. The predicted molar refractivity (Wildman–Crippen MR) is 90.5 cm³/mol. The van der Waals surface area contributed by atoms with Crippen molar-refractivity contribution >= 4 is 28.2 Å². The average molecular weight is 334 g/mol. The molecule has 0 radical (unpaired) electrons. The van der Waals surface area contributed by atoms with E-state index in [0.717, 1.165) is 31.2 Å². The highest BCUT2D eigenvalue weighted by atomic mass is 32.1. The minimum atomic E-state index is -0.121. The Balaban J connectivity index is 1.92. The molecule has 0 atom stereocenters. The Bertz CT molecular complexity index is 633. The molecule has 0 saturated carbocycles. The third kappa shape index (κ3) is 4.53. The van der Waals surface area contributed by atoms with E-state index >= 15 is 0 Å². The first-order valence-electron chi connectivity index (χ1n) is 7.78. The molecule has 0 aliphatic heterocycles. The number of hydrogen-bond donors (Lipinski definition) is 2. The van der Waals surface area contributed by atoms with E-state index < -0.39 is 0 Å². The van der Waals surface area contributed by atoms with E-state index in [1.807, 2.05) is 0 Å². The average Bonchev–Trinajstić information content (AvgIpc) is 2.89. The summed E-state index contributed by atoms with van der Waals surface area (Å²) in [5.41, 5.74) is 1.76. The first kappa shape index (κ1) is 17.4. The van der Waals surface area contributed by atoms with Crippen LogP contribution in [-0.2, 0) is 22.4 Å². The lowest BCUT2D eigenvalue weighted by molar-refractivity contribution is -0.122. The van der Waals surface area contributed by atoms with Crippen LogP contribution in [0, 0.1) is 11.3 Å². The summed E-state index contributed by atoms with van der Waals surface area (Å²) in [6, 6.07) is 2.24. The second-order valence-corrected chi connectivity index (χ2v) is 6.84. The number of nitrogens with one attached hydrogen (secondary N) is 2. The number of aryl methyl sites for hydroxylation is 1. The van der Waals surface area contributed by atoms with Crippen LogP contribution in [0.25, 0.3) is 0 Å². The predicted octanol–water partition coefficient (Wildman–Crippen LogP) is 1.50. The highest BCUT2D eigenvalue weighted by Crippen LogP contribution is 2.37. The van der Waals surface area contributed by atoms with E-state index in [2.05, 4.69) is 16.7 Å². The molecule has 0 aromatic carbocycles. The van der Waals surface area contributed by atoms with E-state index in [1.54, 1.807) is 19.0 Å². The number of nitriles is 1. The highest BCUT2D eigenvalue weighted by molar-refractivity contribution is 7.16. The minimum absolute atomic E-state index is 0.0781. The second kappa shape index (κ2) is 8.09. The summed E-state index contributed by atoms with van der Waals surface area (Å²) < 4.78 is 0. The van der Waals surface area contributed by atoms with Crippen molar-refractivity contribution in [1.29, 1.82) is 5.26 Å². The van der Waals surface area contributed by atoms with Gasteiger partial charge in [-0.1, -0.05) is 0 Å². The van der Waals surface area contributed by atoms with Crippen LogP contribution in [0.15, 0.2) is 0 Å². The maximum Gasteiger partial charge on any atom is 0.233 e. The summed E-state index contributed by atoms with van der Waals surface area (Å²) in [4.78, 5) is 26.4. The zero-order valence-electron chi connectivity index (χ0n) is 13.6. The van der Waals surface area contributed by atoms with Gasteiger partial charge in [-0.15, -0.1) is 11.3 Å². The molecule has 1 aromatic rings. The Kier molecular flexibility index (Phi) is 6.13. The molecule has 124 valence electrons. The molecule has 23 heavy (non-hydrogen) atoms. The van der Waals surface area contributed by atoms with Crippen molar-refractivity contribution in [3.05, 3.63) is 16.0 Å². The molecule has 0 fully saturated rings. The van der Waals surface area contributed by atoms with Gasteiger partial charge in [-0.25, -0.2) is 0 Å². The number of thiophene rings is 1. The van der Waals surface area contributed by atoms with Gasteiger partial charge in [0, 0.05) is 24.9 Å². The topological polar surface area (TPSA) is 85.2 Å². The molecule has 1 aliphatic carbocycles. The molecule has 2 N–H and O–H groups in total. The van der Waals surface area contributed by atoms with Crippen molar-refractivity contribution in [2.45, 2.75) is 32.1 Å². The lowest BCUT2D eigenvalue weighted by atomic mass is 9.96. The van der Waals surface area contributed by atoms with Crippen LogP contribution in [-0.4, -0.2) is 43.9 Å². The lowest BCUT2D eigenvalue weighted by Gasteiger charge is -2.14. The van der Waals surface area contributed by atoms with Crippen molar-refractivity contribution < 1.29 is 9.59 Å². The molecule has 2 amide bonds. The van der Waals surface area contributed by atoms with Crippen LogP contribution >= 0.6 is 11.3 Å². The molecule has 1 aromatic heterocycles. The van der Waals surface area contributed by atoms with Gasteiger partial charge in [0.1, 0.15) is 11.1 Å². The van der Waals surface area contributed by atoms with Crippen molar-refractivity contribution in [1.82, 2.24) is 10.2 Å². The molecule has 0 spiro atoms. The van der Waals surface area contributed by atoms with Gasteiger partial charge in [-0.05, 0) is 38.3 Å². The Morgan fingerprint density at radius 2 is 2.04 bits per heavy atom. The zero-order chi connectivity index (χ0) is 16.8. The summed E-state index contributed by atoms with van der Waals surface area (Å²) in [7, 11) is 3.39. The fourth-order valence-corrected chi connectivity index (χ4v) is 3.91. The number of hydrogen-bond acceptors (Lipinski definition) is 5. The summed E-state index contributed by atoms with van der Waals surface area (Å²) in [5.74, 6) is -0.200. The van der Waals surface area contributed by atoms with Crippen LogP contribution in [0.5, 0.6) is 0 Å². The van der Waals surface area contributed by atoms with Crippen molar-refractivity contribution in [3.8, 4) is 6.07 Å². The minimum Gasteiger partial charge on any atom is -0.358 e. The van der Waals surface area contributed by atoms with E-state index in [-0.39, 0.29) is 18.4 Å². The van der Waals surface area contributed by atoms with Crippen LogP contribution in [0.1, 0.15) is 35.3 Å². The first-order chi connectivity index (χ1) is 11.0. The molecule has 0 unspecified atom stereocenters. The van der Waals surface area contributed by atoms with E-state index in [0.29, 0.717) is 23.5 Å². The SMILES string of the molecule is CNC(=O)CN(C)CCC(=O)Nc1sc2c(c1C#N)CCCC2. The number of amides is 2. The molecule has 7 heteroatoms. The van der Waals surface area contributed by atoms with Gasteiger partial charge in [0.15, 0.2) is 0 Å². The molecule has 2 rings (SSSR count). The number of fused-ring (bicyclic) bond motifs is 1. The van der Waals surface area contributed by atoms with Crippen molar-refractivity contribution in [2.24, 2.45) is 0 Å². The van der Waals surface area contributed by atoms with Gasteiger partial charge in [-0.3, -0.25) is 14.5 Å². The molecule has 1 aliphatic rings. The van der Waals surface area contributed by atoms with Crippen LogP contribution in [0.3, 0.4) is 0 Å². The number of likely N-dealkylation sites (N-methyl/N-ethyl adjacent to an activating group) is 2. The Labute approximate surface area is 140 Å². The molecule has 1 heterocycles. The normalized spacial score (nSPS) is 13.3. The smallest absolute Gasteiger partial charge is 0.233 e. The van der Waals surface area contributed by atoms with Crippen LogP contribution in [0.4, 0.5) is 5.00 Å². The Morgan fingerprint density at radius 3 is 2.74 bits per heavy atom. The van der Waals surface area contributed by atoms with Crippen molar-refractivity contribution in [3.63, 3.8) is 0 Å². The lowest BCUT2D eigenvalue weighted by Crippen LogP contribution is -2.34. The number of rotatable bonds is 6. The van der Waals surface area contributed by atoms with E-state index in [4.69, 9.17) is 0 Å². The third-order valence-corrected chi connectivity index (χ3v) is 5.16.